The fourth-order valence-corrected chi connectivity index (χ4v) is 3.29. The summed E-state index contributed by atoms with van der Waals surface area (Å²) in [7, 11) is 1.60. The third kappa shape index (κ3) is 6.49. The highest BCUT2D eigenvalue weighted by Gasteiger charge is 2.19. The molecule has 0 spiro atoms. The van der Waals surface area contributed by atoms with Crippen molar-refractivity contribution in [3.8, 4) is 11.5 Å². The highest BCUT2D eigenvalue weighted by Crippen LogP contribution is 2.29. The van der Waals surface area contributed by atoms with Crippen LogP contribution in [0.1, 0.15) is 29.7 Å². The topological polar surface area (TPSA) is 74.0 Å². The van der Waals surface area contributed by atoms with Crippen LogP contribution in [0, 0.1) is 0 Å². The Morgan fingerprint density at radius 1 is 0.938 bits per heavy atom. The largest absolute Gasteiger partial charge is 0.493 e. The molecule has 1 amide bonds. The normalized spacial score (nSPS) is 11.5. The highest BCUT2D eigenvalue weighted by molar-refractivity contribution is 5.68. The lowest BCUT2D eigenvalue weighted by Gasteiger charge is -2.24. The van der Waals surface area contributed by atoms with E-state index in [-0.39, 0.29) is 6.10 Å². The van der Waals surface area contributed by atoms with Crippen LogP contribution in [0.3, 0.4) is 0 Å². The van der Waals surface area contributed by atoms with Crippen molar-refractivity contribution < 1.29 is 19.0 Å². The first kappa shape index (κ1) is 23.2. The van der Waals surface area contributed by atoms with E-state index < -0.39 is 6.09 Å². The number of hydrogen-bond donors (Lipinski definition) is 1. The van der Waals surface area contributed by atoms with E-state index in [1.807, 2.05) is 85.8 Å². The summed E-state index contributed by atoms with van der Waals surface area (Å²) in [6.07, 6.45) is -0.762. The molecule has 0 aliphatic heterocycles. The highest BCUT2D eigenvalue weighted by atomic mass is 16.6. The van der Waals surface area contributed by atoms with Crippen LogP contribution in [0.25, 0.3) is 0 Å². The molecule has 0 saturated heterocycles. The van der Waals surface area contributed by atoms with Crippen molar-refractivity contribution in [3.05, 3.63) is 95.6 Å². The molecule has 3 aromatic carbocycles. The first-order valence-corrected chi connectivity index (χ1v) is 10.6. The second-order valence-electron chi connectivity index (χ2n) is 7.41. The van der Waals surface area contributed by atoms with Crippen LogP contribution in [0.15, 0.2) is 78.9 Å². The van der Waals surface area contributed by atoms with Gasteiger partial charge in [-0.25, -0.2) is 4.79 Å². The minimum atomic E-state index is -0.407. The summed E-state index contributed by atoms with van der Waals surface area (Å²) in [6, 6.07) is 25.2. The van der Waals surface area contributed by atoms with Gasteiger partial charge in [0.05, 0.1) is 7.11 Å². The summed E-state index contributed by atoms with van der Waals surface area (Å²) in [4.78, 5) is 14.4. The molecule has 6 nitrogen and oxygen atoms in total. The lowest BCUT2D eigenvalue weighted by atomic mass is 10.1. The van der Waals surface area contributed by atoms with Crippen LogP contribution >= 0.6 is 0 Å². The quantitative estimate of drug-likeness (QED) is 0.490. The van der Waals surface area contributed by atoms with Crippen LogP contribution < -0.4 is 15.2 Å². The fraction of sp³-hybridized carbons (Fsp3) is 0.269. The molecule has 3 aromatic rings. The Hall–Kier alpha value is -3.51. The van der Waals surface area contributed by atoms with Crippen LogP contribution in [0.5, 0.6) is 11.5 Å². The van der Waals surface area contributed by atoms with E-state index in [4.69, 9.17) is 19.9 Å². The number of rotatable bonds is 10. The predicted octanol–water partition coefficient (Wildman–Crippen LogP) is 4.93. The first-order valence-electron chi connectivity index (χ1n) is 10.6. The van der Waals surface area contributed by atoms with E-state index in [1.54, 1.807) is 12.0 Å². The van der Waals surface area contributed by atoms with Gasteiger partial charge >= 0.3 is 6.09 Å². The third-order valence-electron chi connectivity index (χ3n) is 5.04. The summed E-state index contributed by atoms with van der Waals surface area (Å²) in [5.74, 6) is 1.25. The van der Waals surface area contributed by atoms with Gasteiger partial charge in [-0.05, 0) is 35.7 Å². The minimum Gasteiger partial charge on any atom is -0.493 e. The number of nitrogens with zero attached hydrogens (tertiary/aromatic N) is 1. The Morgan fingerprint density at radius 2 is 1.62 bits per heavy atom. The zero-order valence-corrected chi connectivity index (χ0v) is 18.6. The number of carbonyl (C=O) groups excluding carboxylic acids is 1. The maximum atomic E-state index is 12.8. The van der Waals surface area contributed by atoms with E-state index >= 15 is 0 Å². The molecule has 0 aliphatic rings. The molecule has 0 aliphatic carbocycles. The van der Waals surface area contributed by atoms with Crippen molar-refractivity contribution in [2.24, 2.45) is 5.73 Å². The van der Waals surface area contributed by atoms with Gasteiger partial charge in [0.2, 0.25) is 0 Å². The minimum absolute atomic E-state index is 0.338. The lowest BCUT2D eigenvalue weighted by Crippen LogP contribution is -2.35. The molecule has 3 rings (SSSR count). The van der Waals surface area contributed by atoms with E-state index in [0.717, 1.165) is 16.7 Å². The average molecular weight is 435 g/mol. The van der Waals surface area contributed by atoms with Crippen molar-refractivity contribution >= 4 is 6.09 Å². The monoisotopic (exact) mass is 434 g/mol. The van der Waals surface area contributed by atoms with Crippen LogP contribution in [-0.4, -0.2) is 31.2 Å². The molecule has 0 saturated carbocycles. The molecule has 0 fully saturated rings. The molecule has 0 heterocycles. The number of amides is 1. The zero-order chi connectivity index (χ0) is 22.8. The van der Waals surface area contributed by atoms with Crippen molar-refractivity contribution in [2.45, 2.75) is 26.2 Å². The van der Waals surface area contributed by atoms with Gasteiger partial charge in [0.25, 0.3) is 0 Å². The Labute approximate surface area is 189 Å². The number of ether oxygens (including phenoxy) is 3. The van der Waals surface area contributed by atoms with Crippen LogP contribution in [0.2, 0.25) is 0 Å². The standard InChI is InChI=1S/C26H30N2O4/c1-20(23-11-7-4-8-12-23)32-26(29)28(16-15-27)18-22-13-14-24(25(17-22)30-2)31-19-21-9-5-3-6-10-21/h3-14,17,20H,15-16,18-19,27H2,1-2H3/t20-/m0/s1. The van der Waals surface area contributed by atoms with E-state index in [1.165, 1.54) is 0 Å². The summed E-state index contributed by atoms with van der Waals surface area (Å²) in [6.45, 7) is 3.38. The van der Waals surface area contributed by atoms with Crippen molar-refractivity contribution in [1.29, 1.82) is 0 Å². The summed E-state index contributed by atoms with van der Waals surface area (Å²) < 4.78 is 17.1. The van der Waals surface area contributed by atoms with Crippen LogP contribution in [-0.2, 0) is 17.9 Å². The molecule has 32 heavy (non-hydrogen) atoms. The second kappa shape index (κ2) is 11.8. The number of benzene rings is 3. The maximum Gasteiger partial charge on any atom is 0.410 e. The van der Waals surface area contributed by atoms with Gasteiger partial charge in [-0.1, -0.05) is 66.7 Å². The molecular weight excluding hydrogens is 404 g/mol. The molecular formula is C26H30N2O4. The molecule has 168 valence electrons. The Bertz CT molecular complexity index is 980. The van der Waals surface area contributed by atoms with E-state index in [9.17, 15) is 4.79 Å². The van der Waals surface area contributed by atoms with Gasteiger partial charge < -0.3 is 24.8 Å². The Morgan fingerprint density at radius 3 is 2.28 bits per heavy atom. The summed E-state index contributed by atoms with van der Waals surface area (Å²) >= 11 is 0. The fourth-order valence-electron chi connectivity index (χ4n) is 3.29. The van der Waals surface area contributed by atoms with Crippen molar-refractivity contribution in [1.82, 2.24) is 4.90 Å². The van der Waals surface area contributed by atoms with Gasteiger partial charge in [0, 0.05) is 19.6 Å². The number of nitrogens with two attached hydrogens (primary N) is 1. The van der Waals surface area contributed by atoms with Crippen molar-refractivity contribution in [3.63, 3.8) is 0 Å². The second-order valence-corrected chi connectivity index (χ2v) is 7.41. The number of methoxy groups -OCH3 is 1. The first-order chi connectivity index (χ1) is 15.6. The predicted molar refractivity (Wildman–Crippen MR) is 125 cm³/mol. The maximum absolute atomic E-state index is 12.8. The summed E-state index contributed by atoms with van der Waals surface area (Å²) in [5.41, 5.74) is 8.65. The van der Waals surface area contributed by atoms with Crippen LogP contribution in [0.4, 0.5) is 4.79 Å². The molecule has 1 atom stereocenters. The van der Waals surface area contributed by atoms with Gasteiger partial charge in [0.15, 0.2) is 11.5 Å². The SMILES string of the molecule is COc1cc(CN(CCN)C(=O)O[C@@H](C)c2ccccc2)ccc1OCc1ccccc1. The zero-order valence-electron chi connectivity index (χ0n) is 18.6. The molecule has 0 aromatic heterocycles. The van der Waals surface area contributed by atoms with Gasteiger partial charge in [-0.15, -0.1) is 0 Å². The molecule has 2 N–H and O–H groups in total. The average Bonchev–Trinajstić information content (AvgIpc) is 2.84. The molecule has 0 radical (unpaired) electrons. The number of hydrogen-bond acceptors (Lipinski definition) is 5. The Kier molecular flexibility index (Phi) is 8.52. The molecule has 0 bridgehead atoms. The van der Waals surface area contributed by atoms with Gasteiger partial charge in [-0.3, -0.25) is 0 Å². The summed E-state index contributed by atoms with van der Waals surface area (Å²) in [5, 5.41) is 0. The van der Waals surface area contributed by atoms with E-state index in [0.29, 0.717) is 37.7 Å². The van der Waals surface area contributed by atoms with Gasteiger partial charge in [0.1, 0.15) is 12.7 Å². The Balaban J connectivity index is 1.66. The lowest BCUT2D eigenvalue weighted by molar-refractivity contribution is 0.0682. The van der Waals surface area contributed by atoms with Gasteiger partial charge in [-0.2, -0.15) is 0 Å². The van der Waals surface area contributed by atoms with E-state index in [2.05, 4.69) is 0 Å². The molecule has 6 heteroatoms. The smallest absolute Gasteiger partial charge is 0.410 e. The molecule has 0 unspecified atom stereocenters. The number of carbonyl (C=O) groups is 1. The third-order valence-corrected chi connectivity index (χ3v) is 5.04. The van der Waals surface area contributed by atoms with Crippen molar-refractivity contribution in [2.75, 3.05) is 20.2 Å².